The molecular weight excluding hydrogens is 461 g/mol. The van der Waals surface area contributed by atoms with Crippen LogP contribution in [-0.4, -0.2) is 62.0 Å². The fourth-order valence-corrected chi connectivity index (χ4v) is 27.9. The van der Waals surface area contributed by atoms with Gasteiger partial charge < -0.3 is 27.5 Å². The normalized spacial score (nSPS) is 17.6. The third-order valence-corrected chi connectivity index (χ3v) is 22.5. The lowest BCUT2D eigenvalue weighted by atomic mass is 10.4. The molecule has 0 fully saturated rings. The van der Waals surface area contributed by atoms with Gasteiger partial charge in [0.25, 0.3) is 0 Å². The first kappa shape index (κ1) is 30.8. The van der Waals surface area contributed by atoms with Crippen LogP contribution in [0, 0.1) is 0 Å². The average molecular weight is 513 g/mol. The Kier molecular flexibility index (Phi) is 13.3. The lowest BCUT2D eigenvalue weighted by molar-refractivity contribution is 0.286. The zero-order valence-corrected chi connectivity index (χ0v) is 26.9. The van der Waals surface area contributed by atoms with Crippen LogP contribution in [0.2, 0.25) is 77.6 Å². The van der Waals surface area contributed by atoms with E-state index in [0.717, 1.165) is 44.4 Å². The third kappa shape index (κ3) is 15.6. The van der Waals surface area contributed by atoms with Gasteiger partial charge in [-0.3, -0.25) is 0 Å². The number of rotatable bonds is 17. The highest BCUT2D eigenvalue weighted by atomic mass is 28.5. The summed E-state index contributed by atoms with van der Waals surface area (Å²) in [5.74, 6) is 0. The van der Waals surface area contributed by atoms with Crippen LogP contribution in [-0.2, 0) is 16.5 Å². The minimum Gasteiger partial charge on any atom is -0.437 e. The molecule has 2 atom stereocenters. The van der Waals surface area contributed by atoms with E-state index < -0.39 is 42.3 Å². The summed E-state index contributed by atoms with van der Waals surface area (Å²) in [6.07, 6.45) is 3.31. The van der Waals surface area contributed by atoms with Gasteiger partial charge in [-0.2, -0.15) is 0 Å². The molecule has 182 valence electrons. The summed E-state index contributed by atoms with van der Waals surface area (Å²) in [7, 11) is -10.5. The summed E-state index contributed by atoms with van der Waals surface area (Å²) in [6.45, 7) is 27.0. The molecule has 0 aromatic heterocycles. The van der Waals surface area contributed by atoms with Crippen molar-refractivity contribution in [3.8, 4) is 0 Å². The highest BCUT2D eigenvalue weighted by molar-refractivity contribution is 6.90. The summed E-state index contributed by atoms with van der Waals surface area (Å²) in [4.78, 5) is 0. The molecule has 0 rings (SSSR count). The zero-order valence-electron chi connectivity index (χ0n) is 21.9. The van der Waals surface area contributed by atoms with Crippen molar-refractivity contribution in [3.63, 3.8) is 0 Å². The molecule has 0 heterocycles. The Morgan fingerprint density at radius 2 is 1.13 bits per heavy atom. The number of nitrogens with two attached hydrogens (primary N) is 1. The predicted molar refractivity (Wildman–Crippen MR) is 143 cm³/mol. The third-order valence-electron chi connectivity index (χ3n) is 4.26. The maximum Gasteiger partial charge on any atom is 0.317 e. The summed E-state index contributed by atoms with van der Waals surface area (Å²) in [5, 5.41) is 3.40. The van der Waals surface area contributed by atoms with E-state index in [1.807, 2.05) is 0 Å². The molecule has 0 aliphatic rings. The molecule has 0 aromatic rings. The molecule has 0 amide bonds. The molecular formula is C19H52N2O4Si5. The summed E-state index contributed by atoms with van der Waals surface area (Å²) < 4.78 is 27.2. The van der Waals surface area contributed by atoms with Gasteiger partial charge in [-0.05, 0) is 90.5 Å². The quantitative estimate of drug-likeness (QED) is 0.203. The topological polar surface area (TPSA) is 75.0 Å². The number of nitrogens with one attached hydrogen (secondary N) is 1. The van der Waals surface area contributed by atoms with Gasteiger partial charge in [0.2, 0.25) is 0 Å². The lowest BCUT2D eigenvalue weighted by Gasteiger charge is -2.44. The SMILES string of the molecule is CCCC[Si](C)(O[Si](C)(C)C)O[Si](C)(CCCNCCN)O[Si](C)(C)O[Si](C)(C)C. The monoisotopic (exact) mass is 512 g/mol. The van der Waals surface area contributed by atoms with E-state index in [1.165, 1.54) is 0 Å². The van der Waals surface area contributed by atoms with E-state index in [9.17, 15) is 0 Å². The van der Waals surface area contributed by atoms with Crippen LogP contribution in [0.1, 0.15) is 26.2 Å². The molecule has 2 unspecified atom stereocenters. The van der Waals surface area contributed by atoms with Crippen molar-refractivity contribution in [2.24, 2.45) is 5.73 Å². The fourth-order valence-electron chi connectivity index (χ4n) is 3.89. The van der Waals surface area contributed by atoms with Gasteiger partial charge in [0.15, 0.2) is 16.6 Å². The first-order valence-corrected chi connectivity index (χ1v) is 26.3. The fraction of sp³-hybridized carbons (Fsp3) is 1.00. The van der Waals surface area contributed by atoms with Crippen molar-refractivity contribution >= 4 is 42.3 Å². The second-order valence-electron chi connectivity index (χ2n) is 11.0. The van der Waals surface area contributed by atoms with E-state index in [4.69, 9.17) is 22.2 Å². The van der Waals surface area contributed by atoms with Gasteiger partial charge in [0.05, 0.1) is 0 Å². The van der Waals surface area contributed by atoms with Gasteiger partial charge in [-0.25, -0.2) is 0 Å². The second-order valence-corrected chi connectivity index (χ2v) is 31.1. The van der Waals surface area contributed by atoms with E-state index in [2.05, 4.69) is 77.7 Å². The molecule has 30 heavy (non-hydrogen) atoms. The Hall–Kier alpha value is 0.844. The van der Waals surface area contributed by atoms with Gasteiger partial charge in [0, 0.05) is 13.1 Å². The molecule has 0 saturated heterocycles. The molecule has 3 N–H and O–H groups in total. The number of unbranched alkanes of at least 4 members (excludes halogenated alkanes) is 1. The number of hydrogen-bond donors (Lipinski definition) is 2. The van der Waals surface area contributed by atoms with E-state index >= 15 is 0 Å². The zero-order chi connectivity index (χ0) is 23.7. The molecule has 0 aromatic carbocycles. The van der Waals surface area contributed by atoms with Crippen molar-refractivity contribution < 1.29 is 16.5 Å². The first-order valence-electron chi connectivity index (χ1n) is 11.7. The van der Waals surface area contributed by atoms with Crippen LogP contribution >= 0.6 is 0 Å². The highest BCUT2D eigenvalue weighted by Gasteiger charge is 2.48. The van der Waals surface area contributed by atoms with Crippen LogP contribution < -0.4 is 11.1 Å². The van der Waals surface area contributed by atoms with Crippen molar-refractivity contribution in [1.82, 2.24) is 5.32 Å². The maximum absolute atomic E-state index is 7.05. The Morgan fingerprint density at radius 3 is 1.60 bits per heavy atom. The summed E-state index contributed by atoms with van der Waals surface area (Å²) >= 11 is 0. The van der Waals surface area contributed by atoms with Crippen LogP contribution in [0.4, 0.5) is 0 Å². The van der Waals surface area contributed by atoms with Gasteiger partial charge in [-0.15, -0.1) is 0 Å². The lowest BCUT2D eigenvalue weighted by Crippen LogP contribution is -2.60. The molecule has 6 nitrogen and oxygen atoms in total. The van der Waals surface area contributed by atoms with Gasteiger partial charge in [-0.1, -0.05) is 19.8 Å². The van der Waals surface area contributed by atoms with E-state index in [0.29, 0.717) is 6.54 Å². The molecule has 11 heteroatoms. The van der Waals surface area contributed by atoms with Crippen LogP contribution in [0.5, 0.6) is 0 Å². The molecule has 0 aliphatic heterocycles. The van der Waals surface area contributed by atoms with Gasteiger partial charge >= 0.3 is 25.7 Å². The standard InChI is InChI=1S/C19H52N2O4Si5/c1-12-13-18-29(10,23-27(5,6)7)25-30(11,19-14-16-21-17-15-20)24-28(8,9)22-26(2,3)4/h21H,12-20H2,1-11H3. The minimum absolute atomic E-state index is 0.664. The number of hydrogen-bond acceptors (Lipinski definition) is 6. The molecule has 0 spiro atoms. The highest BCUT2D eigenvalue weighted by Crippen LogP contribution is 2.31. The van der Waals surface area contributed by atoms with Gasteiger partial charge in [0.1, 0.15) is 0 Å². The van der Waals surface area contributed by atoms with Crippen LogP contribution in [0.15, 0.2) is 0 Å². The van der Waals surface area contributed by atoms with Crippen molar-refractivity contribution in [2.45, 2.75) is 104 Å². The molecule has 0 saturated carbocycles. The molecule has 0 bridgehead atoms. The molecule has 0 aliphatic carbocycles. The Balaban J connectivity index is 5.58. The van der Waals surface area contributed by atoms with Crippen molar-refractivity contribution in [2.75, 3.05) is 19.6 Å². The van der Waals surface area contributed by atoms with E-state index in [-0.39, 0.29) is 0 Å². The van der Waals surface area contributed by atoms with Crippen LogP contribution in [0.25, 0.3) is 0 Å². The Morgan fingerprint density at radius 1 is 0.633 bits per heavy atom. The average Bonchev–Trinajstić information content (AvgIpc) is 2.47. The summed E-state index contributed by atoms with van der Waals surface area (Å²) in [6, 6.07) is 1.97. The van der Waals surface area contributed by atoms with Crippen molar-refractivity contribution in [1.29, 1.82) is 0 Å². The predicted octanol–water partition coefficient (Wildman–Crippen LogP) is 5.31. The van der Waals surface area contributed by atoms with E-state index in [1.54, 1.807) is 0 Å². The second kappa shape index (κ2) is 12.9. The minimum atomic E-state index is -2.48. The Labute approximate surface area is 193 Å². The van der Waals surface area contributed by atoms with Crippen molar-refractivity contribution in [3.05, 3.63) is 0 Å². The maximum atomic E-state index is 7.05. The largest absolute Gasteiger partial charge is 0.437 e. The first-order chi connectivity index (χ1) is 13.4. The van der Waals surface area contributed by atoms with Crippen LogP contribution in [0.3, 0.4) is 0 Å². The Bertz CT molecular complexity index is 489. The molecule has 0 radical (unpaired) electrons. The smallest absolute Gasteiger partial charge is 0.317 e. The summed E-state index contributed by atoms with van der Waals surface area (Å²) in [5.41, 5.74) is 5.61.